The van der Waals surface area contributed by atoms with Gasteiger partial charge in [-0.2, -0.15) is 5.26 Å². The van der Waals surface area contributed by atoms with Crippen LogP contribution < -0.4 is 16.4 Å². The van der Waals surface area contributed by atoms with Crippen LogP contribution >= 0.6 is 23.5 Å². The van der Waals surface area contributed by atoms with Crippen LogP contribution in [0.3, 0.4) is 0 Å². The molecule has 0 fully saturated rings. The fraction of sp³-hybridized carbons (Fsp3) is 0. The van der Waals surface area contributed by atoms with Crippen molar-refractivity contribution in [3.63, 3.8) is 0 Å². The number of nitrogens with zero attached hydrogens (tertiary/aromatic N) is 1. The van der Waals surface area contributed by atoms with E-state index in [4.69, 9.17) is 0 Å². The third kappa shape index (κ3) is 3.27. The van der Waals surface area contributed by atoms with E-state index in [2.05, 4.69) is 103 Å². The standard InChI is InChI=1S/C31H18BNS2/c33-19-22-13-7-15-25-30(22)34-27-17-23(20-9-3-1-4-10-20)18-28-29(27)32(25)26-16-8-14-24(31(26)35-28)21-11-5-2-6-12-21/h1-18H. The van der Waals surface area contributed by atoms with Gasteiger partial charge in [-0.15, -0.1) is 0 Å². The van der Waals surface area contributed by atoms with Gasteiger partial charge in [0.1, 0.15) is 6.07 Å². The average Bonchev–Trinajstić information content (AvgIpc) is 2.93. The van der Waals surface area contributed by atoms with E-state index in [9.17, 15) is 5.26 Å². The first-order valence-electron chi connectivity index (χ1n) is 11.6. The summed E-state index contributed by atoms with van der Waals surface area (Å²) in [6, 6.07) is 41.2. The van der Waals surface area contributed by atoms with Gasteiger partial charge in [0.25, 0.3) is 0 Å². The number of hydrogen-bond donors (Lipinski definition) is 0. The van der Waals surface area contributed by atoms with Crippen LogP contribution in [0, 0.1) is 11.3 Å². The van der Waals surface area contributed by atoms with Gasteiger partial charge in [0.15, 0.2) is 0 Å². The van der Waals surface area contributed by atoms with Crippen molar-refractivity contribution in [2.45, 2.75) is 19.6 Å². The van der Waals surface area contributed by atoms with E-state index in [1.807, 2.05) is 23.9 Å². The summed E-state index contributed by atoms with van der Waals surface area (Å²) in [6.07, 6.45) is 0. The summed E-state index contributed by atoms with van der Waals surface area (Å²) in [6.45, 7) is 0.120. The number of hydrogen-bond acceptors (Lipinski definition) is 3. The van der Waals surface area contributed by atoms with Crippen LogP contribution in [0.2, 0.25) is 0 Å². The summed E-state index contributed by atoms with van der Waals surface area (Å²) in [7, 11) is 0. The molecule has 0 amide bonds. The summed E-state index contributed by atoms with van der Waals surface area (Å²) < 4.78 is 0. The minimum Gasteiger partial charge on any atom is -0.192 e. The lowest BCUT2D eigenvalue weighted by atomic mass is 9.36. The molecule has 0 saturated carbocycles. The maximum absolute atomic E-state index is 9.92. The molecule has 0 aromatic heterocycles. The van der Waals surface area contributed by atoms with Crippen LogP contribution in [0.25, 0.3) is 22.3 Å². The van der Waals surface area contributed by atoms with Crippen molar-refractivity contribution in [3.8, 4) is 28.3 Å². The van der Waals surface area contributed by atoms with Gasteiger partial charge in [-0.3, -0.25) is 0 Å². The Morgan fingerprint density at radius 2 is 1.17 bits per heavy atom. The molecule has 0 spiro atoms. The molecule has 0 N–H and O–H groups in total. The lowest BCUT2D eigenvalue weighted by Crippen LogP contribution is -2.58. The third-order valence-corrected chi connectivity index (χ3v) is 9.28. The van der Waals surface area contributed by atoms with E-state index in [1.165, 1.54) is 53.3 Å². The lowest BCUT2D eigenvalue weighted by Gasteiger charge is -2.34. The smallest absolute Gasteiger partial charge is 0.192 e. The molecule has 1 nitrogen and oxygen atoms in total. The number of fused-ring (bicyclic) bond motifs is 4. The van der Waals surface area contributed by atoms with Crippen LogP contribution in [0.15, 0.2) is 129 Å². The topological polar surface area (TPSA) is 23.8 Å². The Kier molecular flexibility index (Phi) is 4.87. The fourth-order valence-corrected chi connectivity index (χ4v) is 7.95. The van der Waals surface area contributed by atoms with E-state index in [0.717, 1.165) is 10.5 Å². The molecule has 0 aliphatic carbocycles. The molecule has 7 rings (SSSR count). The monoisotopic (exact) mass is 479 g/mol. The van der Waals surface area contributed by atoms with Crippen molar-refractivity contribution in [1.29, 1.82) is 5.26 Å². The molecule has 35 heavy (non-hydrogen) atoms. The highest BCUT2D eigenvalue weighted by Crippen LogP contribution is 2.44. The Labute approximate surface area is 213 Å². The van der Waals surface area contributed by atoms with Gasteiger partial charge in [0, 0.05) is 19.6 Å². The van der Waals surface area contributed by atoms with E-state index < -0.39 is 0 Å². The molecule has 0 atom stereocenters. The Balaban J connectivity index is 1.53. The van der Waals surface area contributed by atoms with Crippen LogP contribution in [-0.2, 0) is 0 Å². The molecule has 2 heterocycles. The highest BCUT2D eigenvalue weighted by molar-refractivity contribution is 8.01. The summed E-state index contributed by atoms with van der Waals surface area (Å²) in [4.78, 5) is 4.96. The Morgan fingerprint density at radius 1 is 0.571 bits per heavy atom. The molecular weight excluding hydrogens is 461 g/mol. The van der Waals surface area contributed by atoms with Gasteiger partial charge in [-0.05, 0) is 45.9 Å². The number of rotatable bonds is 2. The predicted molar refractivity (Wildman–Crippen MR) is 148 cm³/mol. The first-order valence-corrected chi connectivity index (χ1v) is 13.3. The Bertz CT molecular complexity index is 1660. The van der Waals surface area contributed by atoms with E-state index in [0.29, 0.717) is 0 Å². The van der Waals surface area contributed by atoms with Crippen molar-refractivity contribution in [2.24, 2.45) is 0 Å². The zero-order valence-corrected chi connectivity index (χ0v) is 20.4. The van der Waals surface area contributed by atoms with Crippen molar-refractivity contribution in [1.82, 2.24) is 0 Å². The zero-order valence-electron chi connectivity index (χ0n) is 18.7. The highest BCUT2D eigenvalue weighted by atomic mass is 32.2. The lowest BCUT2D eigenvalue weighted by molar-refractivity contribution is 1.31. The van der Waals surface area contributed by atoms with Crippen molar-refractivity contribution < 1.29 is 0 Å². The summed E-state index contributed by atoms with van der Waals surface area (Å²) in [5.41, 5.74) is 9.63. The summed E-state index contributed by atoms with van der Waals surface area (Å²) in [5, 5.41) is 9.92. The third-order valence-electron chi connectivity index (χ3n) is 6.84. The van der Waals surface area contributed by atoms with Gasteiger partial charge < -0.3 is 0 Å². The first-order chi connectivity index (χ1) is 17.3. The molecule has 5 aromatic carbocycles. The van der Waals surface area contributed by atoms with Crippen LogP contribution in [-0.4, -0.2) is 6.71 Å². The molecular formula is C31H18BNS2. The maximum Gasteiger partial charge on any atom is 0.247 e. The maximum atomic E-state index is 9.92. The zero-order chi connectivity index (χ0) is 23.4. The van der Waals surface area contributed by atoms with Gasteiger partial charge >= 0.3 is 0 Å². The van der Waals surface area contributed by atoms with Crippen LogP contribution in [0.1, 0.15) is 5.56 Å². The second kappa shape index (κ2) is 8.24. The second-order valence-corrected chi connectivity index (χ2v) is 10.9. The van der Waals surface area contributed by atoms with E-state index in [-0.39, 0.29) is 6.71 Å². The quantitative estimate of drug-likeness (QED) is 0.271. The van der Waals surface area contributed by atoms with E-state index in [1.54, 1.807) is 11.8 Å². The minimum atomic E-state index is 0.120. The molecule has 0 radical (unpaired) electrons. The predicted octanol–water partition coefficient (Wildman–Crippen LogP) is 6.34. The fourth-order valence-electron chi connectivity index (χ4n) is 5.28. The Hall–Kier alpha value is -3.65. The molecule has 0 saturated heterocycles. The van der Waals surface area contributed by atoms with Gasteiger partial charge in [-0.25, -0.2) is 0 Å². The largest absolute Gasteiger partial charge is 0.247 e. The van der Waals surface area contributed by atoms with Crippen molar-refractivity contribution >= 4 is 46.6 Å². The minimum absolute atomic E-state index is 0.120. The van der Waals surface area contributed by atoms with Gasteiger partial charge in [0.05, 0.1) is 5.56 Å². The first kappa shape index (κ1) is 20.7. The molecule has 5 aromatic rings. The average molecular weight is 479 g/mol. The molecule has 162 valence electrons. The van der Waals surface area contributed by atoms with Crippen molar-refractivity contribution in [2.75, 3.05) is 0 Å². The molecule has 4 heteroatoms. The van der Waals surface area contributed by atoms with Crippen molar-refractivity contribution in [3.05, 3.63) is 115 Å². The molecule has 2 aliphatic heterocycles. The second-order valence-electron chi connectivity index (χ2n) is 8.82. The summed E-state index contributed by atoms with van der Waals surface area (Å²) in [5.74, 6) is 0. The highest BCUT2D eigenvalue weighted by Gasteiger charge is 2.39. The number of nitriles is 1. The normalized spacial score (nSPS) is 12.8. The van der Waals surface area contributed by atoms with Crippen LogP contribution in [0.4, 0.5) is 0 Å². The molecule has 0 bridgehead atoms. The Morgan fingerprint density at radius 3 is 1.86 bits per heavy atom. The SMILES string of the molecule is N#Cc1cccc2c1Sc1cc(-c3ccccc3)cc3c1B2c1cccc(-c2ccccc2)c1S3. The van der Waals surface area contributed by atoms with E-state index >= 15 is 0 Å². The van der Waals surface area contributed by atoms with Crippen LogP contribution in [0.5, 0.6) is 0 Å². The molecule has 0 unspecified atom stereocenters. The number of benzene rings is 5. The van der Waals surface area contributed by atoms with Gasteiger partial charge in [0.2, 0.25) is 6.71 Å². The summed E-state index contributed by atoms with van der Waals surface area (Å²) >= 11 is 3.64. The van der Waals surface area contributed by atoms with Gasteiger partial charge in [-0.1, -0.05) is 125 Å². The molecule has 2 aliphatic rings.